The van der Waals surface area contributed by atoms with Crippen LogP contribution in [0.1, 0.15) is 85.8 Å². The third-order valence-electron chi connectivity index (χ3n) is 13.0. The van der Waals surface area contributed by atoms with Crippen LogP contribution in [-0.4, -0.2) is 93.5 Å². The fraction of sp³-hybridized carbons (Fsp3) is 0.250. The highest BCUT2D eigenvalue weighted by atomic mass is 16.7. The fourth-order valence-electron chi connectivity index (χ4n) is 10.4. The second kappa shape index (κ2) is 14.8. The number of fused-ring (bicyclic) bond motifs is 2. The van der Waals surface area contributed by atoms with Crippen LogP contribution in [0.4, 0.5) is 0 Å². The zero-order chi connectivity index (χ0) is 43.3. The largest absolute Gasteiger partial charge is 0.508 e. The summed E-state index contributed by atoms with van der Waals surface area (Å²) in [5.41, 5.74) is 5.26. The molecule has 6 aromatic rings. The van der Waals surface area contributed by atoms with Crippen molar-refractivity contribution in [1.29, 1.82) is 0 Å². The van der Waals surface area contributed by atoms with Crippen molar-refractivity contribution < 1.29 is 70.4 Å². The maximum absolute atomic E-state index is 12.4. The van der Waals surface area contributed by atoms with Crippen molar-refractivity contribution in [3.05, 3.63) is 159 Å². The standard InChI is InChI=1S/C48H42O14/c49-19-34-44(57)45(58)46(59)48(62-34)60-29-14-23(13-27(53)15-29)37-35(20-1-7-24(50)8-2-20)42-36(21-3-9-25(51)10-4-21)38-30(16-28(54)17-31(38)55)39-41-33(18-32(56)40(37)43(41)42)61-47(39)22-5-11-26(52)12-6-22/h1-18,34-37,39,42,44-59H,19H2/t34-,35-,36+,37+,39+,42+,44-,45+,46-,47-,48-/m1/s1. The third kappa shape index (κ3) is 6.21. The van der Waals surface area contributed by atoms with Gasteiger partial charge in [-0.3, -0.25) is 0 Å². The number of hydrogen-bond acceptors (Lipinski definition) is 14. The molecule has 318 valence electrons. The summed E-state index contributed by atoms with van der Waals surface area (Å²) in [5.74, 6) is -4.07. The lowest BCUT2D eigenvalue weighted by molar-refractivity contribution is -0.277. The molecule has 2 aliphatic carbocycles. The van der Waals surface area contributed by atoms with Gasteiger partial charge in [0.15, 0.2) is 0 Å². The summed E-state index contributed by atoms with van der Waals surface area (Å²) in [6, 6.07) is 28.5. The number of benzene rings is 6. The number of rotatable bonds is 7. The van der Waals surface area contributed by atoms with Crippen LogP contribution in [0.2, 0.25) is 0 Å². The Bertz CT molecular complexity index is 2680. The second-order valence-electron chi connectivity index (χ2n) is 16.5. The van der Waals surface area contributed by atoms with Crippen molar-refractivity contribution in [2.24, 2.45) is 0 Å². The Balaban J connectivity index is 1.25. The summed E-state index contributed by atoms with van der Waals surface area (Å²) < 4.78 is 18.4. The number of hydrogen-bond donors (Lipinski definition) is 11. The highest BCUT2D eigenvalue weighted by Crippen LogP contribution is 2.70. The molecule has 6 aromatic carbocycles. The summed E-state index contributed by atoms with van der Waals surface area (Å²) in [4.78, 5) is 0. The van der Waals surface area contributed by atoms with E-state index >= 15 is 0 Å². The molecule has 2 aliphatic heterocycles. The lowest BCUT2D eigenvalue weighted by atomic mass is 9.69. The van der Waals surface area contributed by atoms with Crippen LogP contribution in [-0.2, 0) is 4.74 Å². The molecule has 0 spiro atoms. The minimum Gasteiger partial charge on any atom is -0.508 e. The summed E-state index contributed by atoms with van der Waals surface area (Å²) in [7, 11) is 0. The van der Waals surface area contributed by atoms with Crippen LogP contribution >= 0.6 is 0 Å². The first-order valence-corrected chi connectivity index (χ1v) is 20.1. The van der Waals surface area contributed by atoms with E-state index in [0.29, 0.717) is 55.8 Å². The number of aromatic hydroxyl groups is 7. The van der Waals surface area contributed by atoms with E-state index in [9.17, 15) is 56.2 Å². The molecule has 11 atom stereocenters. The fourth-order valence-corrected chi connectivity index (χ4v) is 10.4. The molecule has 2 heterocycles. The average Bonchev–Trinajstić information content (AvgIpc) is 3.76. The molecular weight excluding hydrogens is 801 g/mol. The quantitative estimate of drug-likeness (QED) is 0.0986. The lowest BCUT2D eigenvalue weighted by Crippen LogP contribution is -2.60. The predicted octanol–water partition coefficient (Wildman–Crippen LogP) is 5.23. The van der Waals surface area contributed by atoms with Crippen molar-refractivity contribution >= 4 is 0 Å². The van der Waals surface area contributed by atoms with Gasteiger partial charge in [0.25, 0.3) is 0 Å². The minimum atomic E-state index is -1.75. The highest BCUT2D eigenvalue weighted by Gasteiger charge is 2.56. The summed E-state index contributed by atoms with van der Waals surface area (Å²) in [5, 5.41) is 120. The first-order chi connectivity index (χ1) is 29.8. The van der Waals surface area contributed by atoms with Crippen LogP contribution in [0.15, 0.2) is 109 Å². The third-order valence-corrected chi connectivity index (χ3v) is 13.0. The molecule has 4 aliphatic rings. The first kappa shape index (κ1) is 39.5. The van der Waals surface area contributed by atoms with Crippen LogP contribution in [0.3, 0.4) is 0 Å². The van der Waals surface area contributed by atoms with Crippen molar-refractivity contribution in [3.8, 4) is 51.7 Å². The number of phenols is 7. The molecule has 0 radical (unpaired) electrons. The maximum atomic E-state index is 12.4. The van der Waals surface area contributed by atoms with E-state index in [2.05, 4.69) is 0 Å². The van der Waals surface area contributed by atoms with Gasteiger partial charge in [-0.05, 0) is 88.0 Å². The molecule has 14 nitrogen and oxygen atoms in total. The number of aliphatic hydroxyl groups is 4. The van der Waals surface area contributed by atoms with E-state index in [1.165, 1.54) is 48.5 Å². The van der Waals surface area contributed by atoms with Gasteiger partial charge in [-0.2, -0.15) is 0 Å². The van der Waals surface area contributed by atoms with Gasteiger partial charge in [0.1, 0.15) is 82.3 Å². The van der Waals surface area contributed by atoms with E-state index in [0.717, 1.165) is 0 Å². The van der Waals surface area contributed by atoms with E-state index in [-0.39, 0.29) is 46.0 Å². The minimum absolute atomic E-state index is 0.00302. The first-order valence-electron chi connectivity index (χ1n) is 20.1. The van der Waals surface area contributed by atoms with E-state index in [1.807, 2.05) is 0 Å². The summed E-state index contributed by atoms with van der Waals surface area (Å²) >= 11 is 0. The zero-order valence-electron chi connectivity index (χ0n) is 32.6. The Morgan fingerprint density at radius 3 is 1.69 bits per heavy atom. The van der Waals surface area contributed by atoms with E-state index in [4.69, 9.17) is 14.2 Å². The zero-order valence-corrected chi connectivity index (χ0v) is 32.6. The van der Waals surface area contributed by atoms with Crippen LogP contribution in [0, 0.1) is 0 Å². The maximum Gasteiger partial charge on any atom is 0.229 e. The van der Waals surface area contributed by atoms with Gasteiger partial charge in [-0.1, -0.05) is 36.4 Å². The molecule has 1 saturated heterocycles. The average molecular weight is 843 g/mol. The van der Waals surface area contributed by atoms with E-state index < -0.39 is 73.0 Å². The molecule has 0 unspecified atom stereocenters. The molecule has 62 heavy (non-hydrogen) atoms. The monoisotopic (exact) mass is 842 g/mol. The lowest BCUT2D eigenvalue weighted by Gasteiger charge is -2.39. The second-order valence-corrected chi connectivity index (χ2v) is 16.5. The molecule has 0 aromatic heterocycles. The Kier molecular flexibility index (Phi) is 9.39. The van der Waals surface area contributed by atoms with Crippen LogP contribution in [0.5, 0.6) is 51.7 Å². The van der Waals surface area contributed by atoms with Crippen LogP contribution < -0.4 is 9.47 Å². The molecular formula is C48H42O14. The van der Waals surface area contributed by atoms with Gasteiger partial charge >= 0.3 is 0 Å². The van der Waals surface area contributed by atoms with Crippen molar-refractivity contribution in [1.82, 2.24) is 0 Å². The van der Waals surface area contributed by atoms with Gasteiger partial charge in [0.2, 0.25) is 6.29 Å². The molecule has 0 saturated carbocycles. The normalized spacial score (nSPS) is 28.1. The Hall–Kier alpha value is -6.68. The Labute approximate surface area is 353 Å². The van der Waals surface area contributed by atoms with Gasteiger partial charge < -0.3 is 70.4 Å². The molecule has 11 N–H and O–H groups in total. The summed E-state index contributed by atoms with van der Waals surface area (Å²) in [6.45, 7) is -0.687. The molecule has 0 bridgehead atoms. The molecule has 1 fully saturated rings. The highest BCUT2D eigenvalue weighted by molar-refractivity contribution is 5.72. The topological polar surface area (TPSA) is 250 Å². The van der Waals surface area contributed by atoms with Crippen LogP contribution in [0.25, 0.3) is 0 Å². The van der Waals surface area contributed by atoms with Gasteiger partial charge in [-0.25, -0.2) is 0 Å². The number of ether oxygens (including phenoxy) is 3. The van der Waals surface area contributed by atoms with Crippen molar-refractivity contribution in [2.75, 3.05) is 6.61 Å². The Morgan fingerprint density at radius 1 is 0.468 bits per heavy atom. The molecule has 10 rings (SSSR count). The predicted molar refractivity (Wildman–Crippen MR) is 219 cm³/mol. The van der Waals surface area contributed by atoms with E-state index in [1.54, 1.807) is 60.7 Å². The van der Waals surface area contributed by atoms with Gasteiger partial charge in [-0.15, -0.1) is 0 Å². The van der Waals surface area contributed by atoms with Crippen molar-refractivity contribution in [3.63, 3.8) is 0 Å². The Morgan fingerprint density at radius 2 is 1.05 bits per heavy atom. The summed E-state index contributed by atoms with van der Waals surface area (Å²) in [6.07, 6.45) is -8.73. The smallest absolute Gasteiger partial charge is 0.229 e. The number of aliphatic hydroxyl groups excluding tert-OH is 4. The van der Waals surface area contributed by atoms with Gasteiger partial charge in [0.05, 0.1) is 12.5 Å². The molecule has 0 amide bonds. The van der Waals surface area contributed by atoms with Gasteiger partial charge in [0, 0.05) is 58.6 Å². The van der Waals surface area contributed by atoms with Crippen molar-refractivity contribution in [2.45, 2.75) is 66.4 Å². The number of phenolic OH excluding ortho intramolecular Hbond substituents is 7. The SMILES string of the molecule is OC[C@H]1O[C@@H](Oc2cc(O)cc([C@@H]3c4c(O)cc5c6c4[C@H]([C@@H](c4ccc(O)cc4)c4c(O)cc(O)cc4[C@@H]6[C@@H](c4ccc(O)cc4)O5)[C@@H]3c3ccc(O)cc3)c2)[C@H](O)[C@@H](O)[C@@H]1O. The molecule has 14 heteroatoms.